The Morgan fingerprint density at radius 3 is 2.41 bits per heavy atom. The molecular weight excluding hydrogens is 416 g/mol. The van der Waals surface area contributed by atoms with Crippen molar-refractivity contribution in [3.8, 4) is 28.8 Å². The molecule has 29 heavy (non-hydrogen) atoms. The van der Waals surface area contributed by atoms with Gasteiger partial charge >= 0.3 is 0 Å². The molecule has 0 fully saturated rings. The van der Waals surface area contributed by atoms with Crippen LogP contribution >= 0.6 is 11.6 Å². The number of methoxy groups -OCH3 is 1. The summed E-state index contributed by atoms with van der Waals surface area (Å²) in [6.07, 6.45) is 0. The van der Waals surface area contributed by atoms with E-state index in [9.17, 15) is 8.42 Å². The molecule has 0 atom stereocenters. The molecule has 0 unspecified atom stereocenters. The number of halogens is 1. The average Bonchev–Trinajstić information content (AvgIpc) is 3.38. The Kier molecular flexibility index (Phi) is 5.12. The molecule has 0 aliphatic carbocycles. The second-order valence-corrected chi connectivity index (χ2v) is 8.56. The van der Waals surface area contributed by atoms with Gasteiger partial charge in [0.05, 0.1) is 12.0 Å². The van der Waals surface area contributed by atoms with E-state index in [1.807, 2.05) is 0 Å². The second kappa shape index (κ2) is 7.73. The fourth-order valence-corrected chi connectivity index (χ4v) is 4.04. The van der Waals surface area contributed by atoms with E-state index in [1.54, 1.807) is 48.5 Å². The number of ether oxygens (including phenoxy) is 1. The summed E-state index contributed by atoms with van der Waals surface area (Å²) in [5.74, 6) is 1.37. The van der Waals surface area contributed by atoms with E-state index >= 15 is 0 Å². The first-order valence-electron chi connectivity index (χ1n) is 8.50. The molecule has 7 nitrogen and oxygen atoms in total. The molecule has 2 heterocycles. The fourth-order valence-electron chi connectivity index (χ4n) is 2.66. The van der Waals surface area contributed by atoms with Crippen LogP contribution in [0.25, 0.3) is 23.0 Å². The van der Waals surface area contributed by atoms with Crippen LogP contribution in [0, 0.1) is 0 Å². The van der Waals surface area contributed by atoms with Crippen molar-refractivity contribution in [2.45, 2.75) is 10.6 Å². The maximum absolute atomic E-state index is 12.6. The summed E-state index contributed by atoms with van der Waals surface area (Å²) in [7, 11) is -2.06. The number of rotatable bonds is 6. The van der Waals surface area contributed by atoms with Gasteiger partial charge in [-0.3, -0.25) is 0 Å². The quantitative estimate of drug-likeness (QED) is 0.440. The van der Waals surface area contributed by atoms with Gasteiger partial charge in [-0.15, -0.1) is 0 Å². The molecule has 2 aromatic carbocycles. The van der Waals surface area contributed by atoms with Gasteiger partial charge in [0.25, 0.3) is 5.89 Å². The van der Waals surface area contributed by atoms with Crippen molar-refractivity contribution < 1.29 is 22.1 Å². The summed E-state index contributed by atoms with van der Waals surface area (Å²) in [4.78, 5) is 4.47. The molecule has 0 N–H and O–H groups in total. The van der Waals surface area contributed by atoms with Crippen LogP contribution in [0.2, 0.25) is 5.02 Å². The van der Waals surface area contributed by atoms with Gasteiger partial charge in [-0.1, -0.05) is 16.8 Å². The lowest BCUT2D eigenvalue weighted by Crippen LogP contribution is -2.04. The predicted molar refractivity (Wildman–Crippen MR) is 106 cm³/mol. The molecule has 4 rings (SSSR count). The van der Waals surface area contributed by atoms with Crippen LogP contribution in [-0.4, -0.2) is 25.7 Å². The normalized spacial score (nSPS) is 11.5. The molecule has 4 aromatic rings. The Labute approximate surface area is 171 Å². The van der Waals surface area contributed by atoms with Gasteiger partial charge < -0.3 is 13.7 Å². The third-order valence-corrected chi connectivity index (χ3v) is 6.06. The minimum atomic E-state index is -3.58. The highest BCUT2D eigenvalue weighted by molar-refractivity contribution is 7.90. The summed E-state index contributed by atoms with van der Waals surface area (Å²) in [6.45, 7) is 0. The fraction of sp³-hybridized carbons (Fsp3) is 0.100. The number of sulfone groups is 1. The zero-order chi connectivity index (χ0) is 20.4. The molecule has 0 spiro atoms. The first kappa shape index (κ1) is 19.2. The molecule has 0 aliphatic rings. The van der Waals surface area contributed by atoms with Gasteiger partial charge in [0.2, 0.25) is 5.82 Å². The number of nitrogens with zero attached hydrogens (tertiary/aromatic N) is 2. The largest absolute Gasteiger partial charge is 0.497 e. The molecule has 0 saturated heterocycles. The van der Waals surface area contributed by atoms with Crippen LogP contribution in [0.3, 0.4) is 0 Å². The zero-order valence-electron chi connectivity index (χ0n) is 15.2. The lowest BCUT2D eigenvalue weighted by Gasteiger charge is -2.04. The van der Waals surface area contributed by atoms with Gasteiger partial charge in [-0.05, 0) is 60.7 Å². The summed E-state index contributed by atoms with van der Waals surface area (Å²) in [5, 5.41) is 4.52. The first-order chi connectivity index (χ1) is 13.9. The summed E-state index contributed by atoms with van der Waals surface area (Å²) >= 11 is 5.88. The summed E-state index contributed by atoms with van der Waals surface area (Å²) in [6, 6.07) is 16.3. The van der Waals surface area contributed by atoms with E-state index in [4.69, 9.17) is 25.3 Å². The minimum absolute atomic E-state index is 0.156. The number of hydrogen-bond donors (Lipinski definition) is 0. The molecule has 0 bridgehead atoms. The van der Waals surface area contributed by atoms with Crippen LogP contribution in [0.5, 0.6) is 5.75 Å². The molecule has 0 amide bonds. The van der Waals surface area contributed by atoms with Crippen LogP contribution < -0.4 is 4.74 Å². The van der Waals surface area contributed by atoms with Crippen molar-refractivity contribution in [2.75, 3.05) is 7.11 Å². The third-order valence-electron chi connectivity index (χ3n) is 4.15. The number of benzene rings is 2. The van der Waals surface area contributed by atoms with Crippen molar-refractivity contribution in [1.82, 2.24) is 10.1 Å². The van der Waals surface area contributed by atoms with E-state index in [-0.39, 0.29) is 28.1 Å². The van der Waals surface area contributed by atoms with Crippen molar-refractivity contribution in [3.05, 3.63) is 71.4 Å². The van der Waals surface area contributed by atoms with Crippen molar-refractivity contribution >= 4 is 21.4 Å². The summed E-state index contributed by atoms with van der Waals surface area (Å²) < 4.78 is 41.1. The third kappa shape index (κ3) is 4.18. The Balaban J connectivity index is 1.53. The van der Waals surface area contributed by atoms with Crippen LogP contribution in [-0.2, 0) is 15.6 Å². The molecule has 148 valence electrons. The predicted octanol–water partition coefficient (Wildman–Crippen LogP) is 4.63. The Hall–Kier alpha value is -3.10. The maximum atomic E-state index is 12.6. The highest BCUT2D eigenvalue weighted by atomic mass is 35.5. The smallest absolute Gasteiger partial charge is 0.293 e. The van der Waals surface area contributed by atoms with Crippen molar-refractivity contribution in [1.29, 1.82) is 0 Å². The van der Waals surface area contributed by atoms with E-state index in [0.29, 0.717) is 16.6 Å². The topological polar surface area (TPSA) is 95.4 Å². The van der Waals surface area contributed by atoms with E-state index < -0.39 is 9.84 Å². The molecule has 9 heteroatoms. The first-order valence-corrected chi connectivity index (χ1v) is 10.5. The number of hydrogen-bond acceptors (Lipinski definition) is 7. The Bertz CT molecular complexity index is 1230. The Morgan fingerprint density at radius 1 is 1.00 bits per heavy atom. The Morgan fingerprint density at radius 2 is 1.72 bits per heavy atom. The van der Waals surface area contributed by atoms with E-state index in [2.05, 4.69) is 10.1 Å². The van der Waals surface area contributed by atoms with Gasteiger partial charge in [0.15, 0.2) is 15.6 Å². The molecular formula is C20H15ClN2O5S. The van der Waals surface area contributed by atoms with E-state index in [0.717, 1.165) is 5.56 Å². The second-order valence-electron chi connectivity index (χ2n) is 6.13. The molecule has 2 aromatic heterocycles. The van der Waals surface area contributed by atoms with Crippen LogP contribution in [0.4, 0.5) is 0 Å². The standard InChI is InChI=1S/C20H15ClN2O5S/c1-26-15-6-9-17(10-7-15)29(24,25)12-16-8-11-18(27-16)20-22-19(23-28-20)13-2-4-14(21)5-3-13/h2-11H,12H2,1H3. The number of aromatic nitrogens is 2. The van der Waals surface area contributed by atoms with Gasteiger partial charge in [-0.25, -0.2) is 8.42 Å². The van der Waals surface area contributed by atoms with Crippen LogP contribution in [0.1, 0.15) is 5.76 Å². The zero-order valence-corrected chi connectivity index (χ0v) is 16.8. The highest BCUT2D eigenvalue weighted by Gasteiger charge is 2.20. The van der Waals surface area contributed by atoms with Crippen molar-refractivity contribution in [2.24, 2.45) is 0 Å². The molecule has 0 saturated carbocycles. The van der Waals surface area contributed by atoms with Crippen molar-refractivity contribution in [3.63, 3.8) is 0 Å². The average molecular weight is 431 g/mol. The lowest BCUT2D eigenvalue weighted by atomic mass is 10.2. The monoisotopic (exact) mass is 430 g/mol. The maximum Gasteiger partial charge on any atom is 0.293 e. The van der Waals surface area contributed by atoms with E-state index in [1.165, 1.54) is 19.2 Å². The molecule has 0 radical (unpaired) electrons. The summed E-state index contributed by atoms with van der Waals surface area (Å²) in [5.41, 5.74) is 0.735. The highest BCUT2D eigenvalue weighted by Crippen LogP contribution is 2.27. The molecule has 0 aliphatic heterocycles. The van der Waals surface area contributed by atoms with Gasteiger partial charge in [0, 0.05) is 10.6 Å². The van der Waals surface area contributed by atoms with Gasteiger partial charge in [0.1, 0.15) is 17.3 Å². The van der Waals surface area contributed by atoms with Crippen LogP contribution in [0.15, 0.2) is 74.5 Å². The lowest BCUT2D eigenvalue weighted by molar-refractivity contribution is 0.413. The minimum Gasteiger partial charge on any atom is -0.497 e. The number of furan rings is 1. The van der Waals surface area contributed by atoms with Gasteiger partial charge in [-0.2, -0.15) is 4.98 Å². The SMILES string of the molecule is COc1ccc(S(=O)(=O)Cc2ccc(-c3nc(-c4ccc(Cl)cc4)no3)o2)cc1.